The highest BCUT2D eigenvalue weighted by atomic mass is 16.2. The molecular weight excluding hydrogens is 336 g/mol. The normalized spacial score (nSPS) is 23.3. The number of likely N-dealkylation sites (tertiary alicyclic amines) is 2. The molecule has 0 radical (unpaired) electrons. The minimum absolute atomic E-state index is 0.335. The van der Waals surface area contributed by atoms with Gasteiger partial charge in [-0.2, -0.15) is 0 Å². The topological polar surface area (TPSA) is 49.3 Å². The minimum atomic E-state index is 0.335. The number of aryl methyl sites for hydroxylation is 1. The van der Waals surface area contributed by atoms with Crippen molar-refractivity contribution in [2.75, 3.05) is 32.7 Å². The first kappa shape index (κ1) is 18.9. The van der Waals surface area contributed by atoms with Crippen molar-refractivity contribution in [3.63, 3.8) is 0 Å². The second-order valence-corrected chi connectivity index (χ2v) is 9.07. The molecule has 148 valence electrons. The van der Waals surface area contributed by atoms with E-state index in [1.165, 1.54) is 57.3 Å². The highest BCUT2D eigenvalue weighted by molar-refractivity contribution is 5.77. The van der Waals surface area contributed by atoms with Crippen molar-refractivity contribution >= 4 is 5.91 Å². The maximum Gasteiger partial charge on any atom is 0.222 e. The van der Waals surface area contributed by atoms with Gasteiger partial charge in [-0.1, -0.05) is 13.8 Å². The average molecular weight is 371 g/mol. The van der Waals surface area contributed by atoms with Crippen LogP contribution in [0.4, 0.5) is 0 Å². The van der Waals surface area contributed by atoms with E-state index in [1.54, 1.807) is 0 Å². The number of amides is 1. The smallest absolute Gasteiger partial charge is 0.222 e. The molecule has 2 saturated heterocycles. The van der Waals surface area contributed by atoms with Gasteiger partial charge in [-0.05, 0) is 69.1 Å². The highest BCUT2D eigenvalue weighted by Crippen LogP contribution is 2.53. The van der Waals surface area contributed by atoms with Crippen LogP contribution in [0.2, 0.25) is 0 Å². The zero-order valence-corrected chi connectivity index (χ0v) is 17.0. The molecule has 2 aliphatic heterocycles. The summed E-state index contributed by atoms with van der Waals surface area (Å²) in [5.74, 6) is 2.80. The van der Waals surface area contributed by atoms with E-state index in [1.807, 2.05) is 19.3 Å². The van der Waals surface area contributed by atoms with Crippen LogP contribution in [-0.4, -0.2) is 58.4 Å². The predicted octanol–water partition coefficient (Wildman–Crippen LogP) is 3.26. The molecule has 4 rings (SSSR count). The molecule has 0 unspecified atom stereocenters. The van der Waals surface area contributed by atoms with Gasteiger partial charge in [-0.15, -0.1) is 0 Å². The van der Waals surface area contributed by atoms with Crippen LogP contribution in [0.3, 0.4) is 0 Å². The maximum atomic E-state index is 11.7. The van der Waals surface area contributed by atoms with Crippen LogP contribution in [-0.2, 0) is 11.2 Å². The van der Waals surface area contributed by atoms with Crippen LogP contribution in [0.25, 0.3) is 0 Å². The van der Waals surface area contributed by atoms with E-state index in [9.17, 15) is 4.79 Å². The summed E-state index contributed by atoms with van der Waals surface area (Å²) in [7, 11) is 0. The van der Waals surface area contributed by atoms with Gasteiger partial charge in [0.15, 0.2) is 0 Å². The van der Waals surface area contributed by atoms with Gasteiger partial charge < -0.3 is 9.80 Å². The number of rotatable bonds is 6. The lowest BCUT2D eigenvalue weighted by Crippen LogP contribution is -2.63. The number of hydrogen-bond acceptors (Lipinski definition) is 4. The van der Waals surface area contributed by atoms with Gasteiger partial charge in [0.25, 0.3) is 0 Å². The van der Waals surface area contributed by atoms with Crippen LogP contribution in [0.1, 0.15) is 69.7 Å². The van der Waals surface area contributed by atoms with Crippen molar-refractivity contribution in [3.05, 3.63) is 23.8 Å². The van der Waals surface area contributed by atoms with Crippen LogP contribution >= 0.6 is 0 Å². The first-order chi connectivity index (χ1) is 13.1. The van der Waals surface area contributed by atoms with Gasteiger partial charge in [-0.3, -0.25) is 4.79 Å². The number of aromatic nitrogens is 2. The van der Waals surface area contributed by atoms with E-state index in [4.69, 9.17) is 0 Å². The Kier molecular flexibility index (Phi) is 5.49. The second kappa shape index (κ2) is 7.86. The summed E-state index contributed by atoms with van der Waals surface area (Å²) in [6.45, 7) is 9.78. The first-order valence-corrected chi connectivity index (χ1v) is 10.9. The maximum absolute atomic E-state index is 11.7. The molecule has 3 heterocycles. The lowest BCUT2D eigenvalue weighted by atomic mass is 9.57. The second-order valence-electron chi connectivity index (χ2n) is 9.07. The van der Waals surface area contributed by atoms with E-state index < -0.39 is 0 Å². The zero-order valence-electron chi connectivity index (χ0n) is 17.0. The van der Waals surface area contributed by atoms with Crippen molar-refractivity contribution in [2.24, 2.45) is 11.3 Å². The molecule has 3 aliphatic rings. The lowest BCUT2D eigenvalue weighted by molar-refractivity contribution is -0.155. The summed E-state index contributed by atoms with van der Waals surface area (Å²) in [4.78, 5) is 25.3. The standard InChI is InChI=1S/C22H34N4O/c1-3-20-23-13-19(14-24-20)18-6-9-25(10-7-18)8-5-17-11-22(12-17)15-26(16-22)21(27)4-2/h13-14,17-18H,3-12,15-16H2,1-2H3. The number of carbonyl (C=O) groups is 1. The molecule has 3 fully saturated rings. The largest absolute Gasteiger partial charge is 0.341 e. The van der Waals surface area contributed by atoms with Crippen LogP contribution in [0, 0.1) is 11.3 Å². The Morgan fingerprint density at radius 1 is 1.15 bits per heavy atom. The Morgan fingerprint density at radius 2 is 1.81 bits per heavy atom. The molecular formula is C22H34N4O. The number of piperidine rings is 1. The van der Waals surface area contributed by atoms with E-state index in [-0.39, 0.29) is 0 Å². The molecule has 1 aromatic heterocycles. The molecule has 1 spiro atoms. The Labute approximate surface area is 163 Å². The van der Waals surface area contributed by atoms with Gasteiger partial charge in [-0.25, -0.2) is 9.97 Å². The van der Waals surface area contributed by atoms with Crippen molar-refractivity contribution in [2.45, 2.75) is 64.7 Å². The molecule has 5 nitrogen and oxygen atoms in total. The molecule has 0 N–H and O–H groups in total. The van der Waals surface area contributed by atoms with Crippen molar-refractivity contribution in [1.29, 1.82) is 0 Å². The molecule has 0 bridgehead atoms. The fourth-order valence-electron chi connectivity index (χ4n) is 5.40. The number of carbonyl (C=O) groups excluding carboxylic acids is 1. The summed E-state index contributed by atoms with van der Waals surface area (Å²) < 4.78 is 0. The van der Waals surface area contributed by atoms with E-state index in [0.717, 1.165) is 31.3 Å². The highest BCUT2D eigenvalue weighted by Gasteiger charge is 2.52. The van der Waals surface area contributed by atoms with Gasteiger partial charge >= 0.3 is 0 Å². The predicted molar refractivity (Wildman–Crippen MR) is 106 cm³/mol. The molecule has 0 atom stereocenters. The Hall–Kier alpha value is -1.49. The molecule has 27 heavy (non-hydrogen) atoms. The third-order valence-corrected chi connectivity index (χ3v) is 7.11. The average Bonchev–Trinajstić information content (AvgIpc) is 2.65. The summed E-state index contributed by atoms with van der Waals surface area (Å²) in [5, 5.41) is 0. The fraction of sp³-hybridized carbons (Fsp3) is 0.773. The van der Waals surface area contributed by atoms with Gasteiger partial charge in [0.05, 0.1) is 0 Å². The first-order valence-electron chi connectivity index (χ1n) is 10.9. The van der Waals surface area contributed by atoms with E-state index >= 15 is 0 Å². The Bertz CT molecular complexity index is 637. The van der Waals surface area contributed by atoms with Crippen molar-refractivity contribution in [1.82, 2.24) is 19.8 Å². The SMILES string of the molecule is CCC(=O)N1CC2(CC(CCN3CCC(c4cnc(CC)nc4)CC3)C2)C1. The third-order valence-electron chi connectivity index (χ3n) is 7.11. The monoisotopic (exact) mass is 370 g/mol. The van der Waals surface area contributed by atoms with E-state index in [2.05, 4.69) is 26.7 Å². The van der Waals surface area contributed by atoms with Gasteiger partial charge in [0.2, 0.25) is 5.91 Å². The lowest BCUT2D eigenvalue weighted by Gasteiger charge is -2.59. The van der Waals surface area contributed by atoms with Gasteiger partial charge in [0.1, 0.15) is 5.82 Å². The molecule has 1 aromatic rings. The molecule has 1 amide bonds. The summed E-state index contributed by atoms with van der Waals surface area (Å²) >= 11 is 0. The quantitative estimate of drug-likeness (QED) is 0.771. The van der Waals surface area contributed by atoms with Crippen LogP contribution in [0.15, 0.2) is 12.4 Å². The molecule has 5 heteroatoms. The Balaban J connectivity index is 1.13. The van der Waals surface area contributed by atoms with Gasteiger partial charge in [0, 0.05) is 43.7 Å². The number of nitrogens with zero attached hydrogens (tertiary/aromatic N) is 4. The summed E-state index contributed by atoms with van der Waals surface area (Å²) in [5.41, 5.74) is 1.83. The van der Waals surface area contributed by atoms with Crippen molar-refractivity contribution < 1.29 is 4.79 Å². The van der Waals surface area contributed by atoms with Crippen molar-refractivity contribution in [3.8, 4) is 0 Å². The Morgan fingerprint density at radius 3 is 2.41 bits per heavy atom. The fourth-order valence-corrected chi connectivity index (χ4v) is 5.40. The molecule has 1 aliphatic carbocycles. The van der Waals surface area contributed by atoms with Crippen LogP contribution in [0.5, 0.6) is 0 Å². The van der Waals surface area contributed by atoms with E-state index in [0.29, 0.717) is 23.7 Å². The summed E-state index contributed by atoms with van der Waals surface area (Å²) in [6.07, 6.45) is 12.2. The summed E-state index contributed by atoms with van der Waals surface area (Å²) in [6, 6.07) is 0. The zero-order chi connectivity index (χ0) is 18.9. The van der Waals surface area contributed by atoms with Crippen LogP contribution < -0.4 is 0 Å². The number of hydrogen-bond donors (Lipinski definition) is 0. The third kappa shape index (κ3) is 4.03. The molecule has 0 aromatic carbocycles. The minimum Gasteiger partial charge on any atom is -0.341 e. The molecule has 1 saturated carbocycles.